The van der Waals surface area contributed by atoms with Gasteiger partial charge in [-0.1, -0.05) is 6.42 Å². The second-order valence-electron chi connectivity index (χ2n) is 6.98. The van der Waals surface area contributed by atoms with Crippen LogP contribution in [0, 0.1) is 17.8 Å². The first-order valence-electron chi connectivity index (χ1n) is 8.37. The molecule has 0 heterocycles. The third kappa shape index (κ3) is 3.34. The minimum Gasteiger partial charge on any atom is -0.376 e. The summed E-state index contributed by atoms with van der Waals surface area (Å²) in [5.74, 6) is 2.06. The molecular formula is C16H28N2O2. The van der Waals surface area contributed by atoms with Crippen LogP contribution < -0.4 is 11.1 Å². The summed E-state index contributed by atoms with van der Waals surface area (Å²) in [6, 6.07) is 0.368. The van der Waals surface area contributed by atoms with E-state index in [0.717, 1.165) is 38.0 Å². The minimum absolute atomic E-state index is 0.270. The van der Waals surface area contributed by atoms with Gasteiger partial charge in [0.2, 0.25) is 5.91 Å². The van der Waals surface area contributed by atoms with E-state index in [0.29, 0.717) is 37.1 Å². The van der Waals surface area contributed by atoms with Gasteiger partial charge in [0, 0.05) is 18.5 Å². The molecule has 0 aromatic heterocycles. The van der Waals surface area contributed by atoms with E-state index in [-0.39, 0.29) is 5.91 Å². The molecule has 2 bridgehead atoms. The van der Waals surface area contributed by atoms with Crippen molar-refractivity contribution >= 4 is 5.91 Å². The van der Waals surface area contributed by atoms with Crippen molar-refractivity contribution in [1.82, 2.24) is 5.32 Å². The highest BCUT2D eigenvalue weighted by Gasteiger charge is 2.42. The number of hydrogen-bond donors (Lipinski definition) is 2. The number of nitrogens with one attached hydrogen (secondary N) is 1. The highest BCUT2D eigenvalue weighted by Crippen LogP contribution is 2.48. The number of fused-ring (bicyclic) bond motifs is 2. The SMILES string of the molecule is NC1CCC(OCCNC(=O)C2CC3CCC2C3)CC1. The standard InChI is InChI=1S/C16H28N2O2/c17-13-3-5-14(6-4-13)20-8-7-18-16(19)15-10-11-1-2-12(15)9-11/h11-15H,1-10,17H2,(H,18,19). The Kier molecular flexibility index (Phi) is 4.61. The van der Waals surface area contributed by atoms with Gasteiger partial charge in [-0.05, 0) is 56.8 Å². The van der Waals surface area contributed by atoms with Gasteiger partial charge < -0.3 is 15.8 Å². The lowest BCUT2D eigenvalue weighted by atomic mass is 9.88. The highest BCUT2D eigenvalue weighted by atomic mass is 16.5. The number of hydrogen-bond acceptors (Lipinski definition) is 3. The zero-order valence-electron chi connectivity index (χ0n) is 12.4. The topological polar surface area (TPSA) is 64.3 Å². The van der Waals surface area contributed by atoms with Gasteiger partial charge >= 0.3 is 0 Å². The molecule has 3 fully saturated rings. The molecule has 20 heavy (non-hydrogen) atoms. The number of rotatable bonds is 5. The van der Waals surface area contributed by atoms with Crippen LogP contribution in [0.5, 0.6) is 0 Å². The Morgan fingerprint density at radius 2 is 1.90 bits per heavy atom. The summed E-state index contributed by atoms with van der Waals surface area (Å²) in [6.45, 7) is 1.31. The predicted molar refractivity (Wildman–Crippen MR) is 78.1 cm³/mol. The van der Waals surface area contributed by atoms with Crippen LogP contribution in [0.4, 0.5) is 0 Å². The van der Waals surface area contributed by atoms with Crippen molar-refractivity contribution in [1.29, 1.82) is 0 Å². The maximum atomic E-state index is 12.1. The zero-order valence-corrected chi connectivity index (χ0v) is 12.4. The van der Waals surface area contributed by atoms with Crippen LogP contribution in [-0.4, -0.2) is 31.2 Å². The van der Waals surface area contributed by atoms with Crippen molar-refractivity contribution in [2.45, 2.75) is 63.5 Å². The maximum absolute atomic E-state index is 12.1. The van der Waals surface area contributed by atoms with E-state index >= 15 is 0 Å². The number of nitrogens with two attached hydrogens (primary N) is 1. The van der Waals surface area contributed by atoms with Crippen LogP contribution in [0.1, 0.15) is 51.4 Å². The lowest BCUT2D eigenvalue weighted by Gasteiger charge is -2.26. The van der Waals surface area contributed by atoms with Gasteiger partial charge in [-0.2, -0.15) is 0 Å². The Balaban J connectivity index is 1.29. The van der Waals surface area contributed by atoms with E-state index in [1.807, 2.05) is 0 Å². The average molecular weight is 280 g/mol. The van der Waals surface area contributed by atoms with E-state index in [9.17, 15) is 4.79 Å². The molecule has 0 aromatic rings. The molecule has 3 N–H and O–H groups in total. The van der Waals surface area contributed by atoms with Gasteiger partial charge in [0.15, 0.2) is 0 Å². The summed E-state index contributed by atoms with van der Waals surface area (Å²) >= 11 is 0. The fourth-order valence-electron chi connectivity index (χ4n) is 4.35. The third-order valence-corrected chi connectivity index (χ3v) is 5.55. The third-order valence-electron chi connectivity index (χ3n) is 5.55. The molecule has 0 aliphatic heterocycles. The number of ether oxygens (including phenoxy) is 1. The van der Waals surface area contributed by atoms with Crippen molar-refractivity contribution in [3.63, 3.8) is 0 Å². The second kappa shape index (κ2) is 6.44. The Morgan fingerprint density at radius 3 is 2.55 bits per heavy atom. The van der Waals surface area contributed by atoms with E-state index < -0.39 is 0 Å². The fourth-order valence-corrected chi connectivity index (χ4v) is 4.35. The van der Waals surface area contributed by atoms with Crippen molar-refractivity contribution in [2.24, 2.45) is 23.5 Å². The van der Waals surface area contributed by atoms with Crippen molar-refractivity contribution in [3.05, 3.63) is 0 Å². The monoisotopic (exact) mass is 280 g/mol. The first-order chi connectivity index (χ1) is 9.72. The highest BCUT2D eigenvalue weighted by molar-refractivity contribution is 5.79. The average Bonchev–Trinajstić information content (AvgIpc) is 3.08. The number of carbonyl (C=O) groups excluding carboxylic acids is 1. The fraction of sp³-hybridized carbons (Fsp3) is 0.938. The summed E-state index contributed by atoms with van der Waals surface area (Å²) in [5.41, 5.74) is 5.88. The molecule has 3 aliphatic rings. The Morgan fingerprint density at radius 1 is 1.10 bits per heavy atom. The van der Waals surface area contributed by atoms with Crippen LogP contribution in [0.25, 0.3) is 0 Å². The molecule has 4 heteroatoms. The Hall–Kier alpha value is -0.610. The van der Waals surface area contributed by atoms with Gasteiger partial charge in [-0.25, -0.2) is 0 Å². The molecule has 0 spiro atoms. The normalized spacial score (nSPS) is 40.0. The number of amides is 1. The molecule has 114 valence electrons. The van der Waals surface area contributed by atoms with Crippen LogP contribution in [0.2, 0.25) is 0 Å². The maximum Gasteiger partial charge on any atom is 0.223 e. The number of carbonyl (C=O) groups is 1. The molecule has 3 aliphatic carbocycles. The zero-order chi connectivity index (χ0) is 13.9. The van der Waals surface area contributed by atoms with E-state index in [4.69, 9.17) is 10.5 Å². The molecule has 3 atom stereocenters. The van der Waals surface area contributed by atoms with Crippen molar-refractivity contribution < 1.29 is 9.53 Å². The lowest BCUT2D eigenvalue weighted by molar-refractivity contribution is -0.126. The minimum atomic E-state index is 0.270. The van der Waals surface area contributed by atoms with Crippen molar-refractivity contribution in [2.75, 3.05) is 13.2 Å². The first-order valence-corrected chi connectivity index (χ1v) is 8.37. The molecular weight excluding hydrogens is 252 g/mol. The first kappa shape index (κ1) is 14.3. The summed E-state index contributed by atoms with van der Waals surface area (Å²) in [5, 5.41) is 3.07. The molecule has 3 rings (SSSR count). The molecule has 4 nitrogen and oxygen atoms in total. The van der Waals surface area contributed by atoms with Crippen LogP contribution in [0.15, 0.2) is 0 Å². The molecule has 3 unspecified atom stereocenters. The van der Waals surface area contributed by atoms with Gasteiger partial charge in [-0.15, -0.1) is 0 Å². The molecule has 1 amide bonds. The molecule has 3 saturated carbocycles. The van der Waals surface area contributed by atoms with E-state index in [1.165, 1.54) is 19.3 Å². The predicted octanol–water partition coefficient (Wildman–Crippen LogP) is 1.83. The smallest absolute Gasteiger partial charge is 0.223 e. The summed E-state index contributed by atoms with van der Waals surface area (Å²) < 4.78 is 5.84. The molecule has 0 radical (unpaired) electrons. The van der Waals surface area contributed by atoms with Crippen LogP contribution in [0.3, 0.4) is 0 Å². The van der Waals surface area contributed by atoms with Crippen molar-refractivity contribution in [3.8, 4) is 0 Å². The second-order valence-corrected chi connectivity index (χ2v) is 6.98. The lowest BCUT2D eigenvalue weighted by Crippen LogP contribution is -2.37. The van der Waals surface area contributed by atoms with E-state index in [2.05, 4.69) is 5.32 Å². The van der Waals surface area contributed by atoms with Gasteiger partial charge in [-0.3, -0.25) is 4.79 Å². The molecule has 0 saturated heterocycles. The summed E-state index contributed by atoms with van der Waals surface area (Å²) in [4.78, 5) is 12.1. The Labute approximate surface area is 121 Å². The Bertz CT molecular complexity index is 339. The van der Waals surface area contributed by atoms with E-state index in [1.54, 1.807) is 0 Å². The summed E-state index contributed by atoms with van der Waals surface area (Å²) in [6.07, 6.45) is 9.67. The molecule has 0 aromatic carbocycles. The van der Waals surface area contributed by atoms with Gasteiger partial charge in [0.25, 0.3) is 0 Å². The quantitative estimate of drug-likeness (QED) is 0.755. The summed E-state index contributed by atoms with van der Waals surface area (Å²) in [7, 11) is 0. The largest absolute Gasteiger partial charge is 0.376 e. The van der Waals surface area contributed by atoms with Gasteiger partial charge in [0.05, 0.1) is 12.7 Å². The van der Waals surface area contributed by atoms with Crippen LogP contribution >= 0.6 is 0 Å². The van der Waals surface area contributed by atoms with Gasteiger partial charge in [0.1, 0.15) is 0 Å². The van der Waals surface area contributed by atoms with Crippen LogP contribution in [-0.2, 0) is 9.53 Å².